The van der Waals surface area contributed by atoms with Gasteiger partial charge >= 0.3 is 0 Å². The summed E-state index contributed by atoms with van der Waals surface area (Å²) in [4.78, 5) is 1.08. The van der Waals surface area contributed by atoms with Crippen molar-refractivity contribution in [1.82, 2.24) is 18.7 Å². The monoisotopic (exact) mass is 340 g/mol. The quantitative estimate of drug-likeness (QED) is 0.556. The van der Waals surface area contributed by atoms with Crippen LogP contribution in [0.1, 0.15) is 0 Å². The van der Waals surface area contributed by atoms with Crippen molar-refractivity contribution in [2.45, 2.75) is 0 Å². The van der Waals surface area contributed by atoms with Crippen molar-refractivity contribution < 1.29 is 0 Å². The molecule has 4 nitrogen and oxygen atoms in total. The summed E-state index contributed by atoms with van der Waals surface area (Å²) in [5, 5.41) is 1.36. The van der Waals surface area contributed by atoms with Gasteiger partial charge in [-0.25, -0.2) is 0 Å². The lowest BCUT2D eigenvalue weighted by Gasteiger charge is -2.53. The number of thiocarbonyl (C=S) groups is 1. The Morgan fingerprint density at radius 3 is 1.47 bits per heavy atom. The molecule has 0 aliphatic carbocycles. The van der Waals surface area contributed by atoms with Crippen molar-refractivity contribution in [2.24, 2.45) is 0 Å². The predicted octanol–water partition coefficient (Wildman–Crippen LogP) is 1.90. The van der Waals surface area contributed by atoms with Crippen LogP contribution in [0.15, 0.2) is 0 Å². The van der Waals surface area contributed by atoms with Crippen molar-refractivity contribution >= 4 is 47.5 Å². The maximum Gasteiger partial charge on any atom is 0.109 e. The highest BCUT2D eigenvalue weighted by atomic mass is 32.4. The van der Waals surface area contributed by atoms with Crippen LogP contribution in [0.3, 0.4) is 0 Å². The normalized spacial score (nSPS) is 19.8. The third-order valence-corrected chi connectivity index (χ3v) is 16.6. The smallest absolute Gasteiger partial charge is 0.109 e. The van der Waals surface area contributed by atoms with Crippen molar-refractivity contribution in [3.63, 3.8) is 0 Å². The molecule has 1 aliphatic rings. The van der Waals surface area contributed by atoms with Gasteiger partial charge in [-0.2, -0.15) is 0 Å². The zero-order chi connectivity index (χ0) is 15.2. The lowest BCUT2D eigenvalue weighted by Crippen LogP contribution is -2.45. The minimum absolute atomic E-state index is 0.998. The standard InChI is InChI=1S/C11H26N4P2S2/c1-12(2)16(13(3)4)9-10(18)11(16)17(19,14(5)6)15(7)8/h9H2,1-8H3. The van der Waals surface area contributed by atoms with Gasteiger partial charge in [-0.15, -0.1) is 0 Å². The van der Waals surface area contributed by atoms with E-state index < -0.39 is 13.5 Å². The van der Waals surface area contributed by atoms with E-state index in [1.807, 2.05) is 0 Å². The topological polar surface area (TPSA) is 13.0 Å². The van der Waals surface area contributed by atoms with E-state index in [1.165, 1.54) is 5.03 Å². The van der Waals surface area contributed by atoms with Gasteiger partial charge in [0.05, 0.1) is 5.03 Å². The lowest BCUT2D eigenvalue weighted by molar-refractivity contribution is 0.567. The third kappa shape index (κ3) is 2.56. The highest BCUT2D eigenvalue weighted by molar-refractivity contribution is 8.28. The maximum absolute atomic E-state index is 6.10. The first-order valence-electron chi connectivity index (χ1n) is 6.13. The Hall–Kier alpha value is 0.880. The van der Waals surface area contributed by atoms with E-state index in [4.69, 9.17) is 24.0 Å². The summed E-state index contributed by atoms with van der Waals surface area (Å²) >= 11 is 11.7. The first-order chi connectivity index (χ1) is 8.52. The molecule has 0 amide bonds. The number of rotatable bonds is 5. The van der Waals surface area contributed by atoms with Gasteiger partial charge in [-0.1, -0.05) is 24.0 Å². The van der Waals surface area contributed by atoms with Crippen molar-refractivity contribution in [2.75, 3.05) is 62.5 Å². The van der Waals surface area contributed by atoms with E-state index >= 15 is 0 Å². The second-order valence-electron chi connectivity index (χ2n) is 5.57. The fourth-order valence-electron chi connectivity index (χ4n) is 2.58. The van der Waals surface area contributed by atoms with Crippen LogP contribution < -0.4 is 0 Å². The van der Waals surface area contributed by atoms with Crippen LogP contribution in [0.5, 0.6) is 0 Å². The van der Waals surface area contributed by atoms with Crippen molar-refractivity contribution in [3.8, 4) is 0 Å². The Morgan fingerprint density at radius 2 is 1.26 bits per heavy atom. The Kier molecular flexibility index (Phi) is 5.60. The average Bonchev–Trinajstić information content (AvgIpc) is 2.23. The van der Waals surface area contributed by atoms with Crippen LogP contribution in [0.2, 0.25) is 0 Å². The van der Waals surface area contributed by atoms with Gasteiger partial charge in [0, 0.05) is 18.2 Å². The molecule has 0 saturated heterocycles. The second-order valence-corrected chi connectivity index (χ2v) is 14.9. The zero-order valence-electron chi connectivity index (χ0n) is 13.2. The number of hydrogen-bond acceptors (Lipinski definition) is 4. The highest BCUT2D eigenvalue weighted by Gasteiger charge is 2.47. The van der Waals surface area contributed by atoms with Gasteiger partial charge in [0.25, 0.3) is 0 Å². The van der Waals surface area contributed by atoms with E-state index in [2.05, 4.69) is 75.1 Å². The van der Waals surface area contributed by atoms with E-state index in [9.17, 15) is 0 Å². The second kappa shape index (κ2) is 5.94. The lowest BCUT2D eigenvalue weighted by atomic mass is 10.5. The molecule has 0 aromatic carbocycles. The van der Waals surface area contributed by atoms with E-state index in [1.54, 1.807) is 0 Å². The molecule has 0 aromatic rings. The number of hydrogen-bond donors (Lipinski definition) is 0. The third-order valence-electron chi connectivity index (χ3n) is 3.64. The minimum atomic E-state index is -1.91. The predicted molar refractivity (Wildman–Crippen MR) is 98.4 cm³/mol. The maximum atomic E-state index is 6.10. The molecule has 112 valence electrons. The average molecular weight is 340 g/mol. The molecule has 0 spiro atoms. The zero-order valence-corrected chi connectivity index (χ0v) is 16.6. The molecule has 0 bridgehead atoms. The summed E-state index contributed by atoms with van der Waals surface area (Å²) in [7, 11) is 15.4. The van der Waals surface area contributed by atoms with Gasteiger partial charge in [-0.05, 0) is 56.4 Å². The molecule has 0 saturated carbocycles. The van der Waals surface area contributed by atoms with Crippen LogP contribution in [0.25, 0.3) is 0 Å². The molecule has 1 rings (SSSR count). The van der Waals surface area contributed by atoms with Gasteiger partial charge in [0.15, 0.2) is 0 Å². The summed E-state index contributed by atoms with van der Waals surface area (Å²) in [5.74, 6) is 0. The van der Waals surface area contributed by atoms with E-state index in [-0.39, 0.29) is 0 Å². The Balaban J connectivity index is 3.68. The molecule has 19 heavy (non-hydrogen) atoms. The Bertz CT molecular complexity index is 459. The summed E-state index contributed by atoms with van der Waals surface area (Å²) < 4.78 is 9.11. The molecule has 0 N–H and O–H groups in total. The fourth-order valence-corrected chi connectivity index (χ4v) is 14.6. The van der Waals surface area contributed by atoms with Gasteiger partial charge in [-0.3, -0.25) is 18.7 Å². The van der Waals surface area contributed by atoms with Crippen molar-refractivity contribution in [3.05, 3.63) is 0 Å². The van der Waals surface area contributed by atoms with E-state index in [0.717, 1.165) is 11.0 Å². The molecule has 0 aromatic heterocycles. The summed E-state index contributed by atoms with van der Waals surface area (Å²) in [5.41, 5.74) is 0. The molecule has 8 heteroatoms. The molecule has 0 unspecified atom stereocenters. The minimum Gasteiger partial charge on any atom is -0.277 e. The SMILES string of the molecule is CN(C)P(=S)(C1=P(N(C)C)(N(C)C)CC1=S)N(C)C. The largest absolute Gasteiger partial charge is 0.277 e. The molecular formula is C11H26N4P2S2. The Labute approximate surface area is 128 Å². The van der Waals surface area contributed by atoms with Gasteiger partial charge in [0.2, 0.25) is 0 Å². The highest BCUT2D eigenvalue weighted by Crippen LogP contribution is 2.70. The molecular weight excluding hydrogens is 314 g/mol. The summed E-state index contributed by atoms with van der Waals surface area (Å²) in [6.07, 6.45) is -0.914. The summed E-state index contributed by atoms with van der Waals surface area (Å²) in [6.45, 7) is 0. The van der Waals surface area contributed by atoms with Crippen LogP contribution in [0.4, 0.5) is 0 Å². The molecule has 1 aliphatic heterocycles. The van der Waals surface area contributed by atoms with Gasteiger partial charge < -0.3 is 0 Å². The number of nitrogens with zero attached hydrogens (tertiary/aromatic N) is 4. The van der Waals surface area contributed by atoms with Crippen LogP contribution in [-0.2, 0) is 11.8 Å². The van der Waals surface area contributed by atoms with Crippen LogP contribution in [0, 0.1) is 0 Å². The molecule has 1 heterocycles. The van der Waals surface area contributed by atoms with Gasteiger partial charge in [0.1, 0.15) is 6.34 Å². The first-order valence-corrected chi connectivity index (χ1v) is 11.1. The molecule has 0 fully saturated rings. The fraction of sp³-hybridized carbons (Fsp3) is 0.818. The molecule has 0 radical (unpaired) electrons. The van der Waals surface area contributed by atoms with Crippen molar-refractivity contribution in [1.29, 1.82) is 0 Å². The van der Waals surface area contributed by atoms with E-state index in [0.29, 0.717) is 0 Å². The van der Waals surface area contributed by atoms with Crippen LogP contribution >= 0.6 is 25.7 Å². The molecule has 0 atom stereocenters. The Morgan fingerprint density at radius 1 is 0.895 bits per heavy atom. The first kappa shape index (κ1) is 17.9. The van der Waals surface area contributed by atoms with Crippen LogP contribution in [-0.4, -0.2) is 91.1 Å². The summed E-state index contributed by atoms with van der Waals surface area (Å²) in [6, 6.07) is 0.